The van der Waals surface area contributed by atoms with Crippen LogP contribution in [-0.2, 0) is 4.79 Å². The predicted molar refractivity (Wildman–Crippen MR) is 112 cm³/mol. The molecule has 1 aromatic carbocycles. The predicted octanol–water partition coefficient (Wildman–Crippen LogP) is 2.67. The van der Waals surface area contributed by atoms with Crippen molar-refractivity contribution >= 4 is 11.6 Å². The van der Waals surface area contributed by atoms with Crippen LogP contribution < -0.4 is 25.0 Å². The molecule has 156 valence electrons. The zero-order valence-electron chi connectivity index (χ0n) is 17.5. The SMILES string of the molecule is COc1cc(OC)cc(N2CCC(CNC(=O)CC(C)C3CCNCC3)C2)c1. The maximum atomic E-state index is 12.4. The lowest BCUT2D eigenvalue weighted by atomic mass is 9.84. The summed E-state index contributed by atoms with van der Waals surface area (Å²) < 4.78 is 10.8. The number of rotatable bonds is 8. The Morgan fingerprint density at radius 2 is 1.86 bits per heavy atom. The molecule has 2 heterocycles. The number of nitrogens with one attached hydrogen (secondary N) is 2. The van der Waals surface area contributed by atoms with Gasteiger partial charge in [0.15, 0.2) is 0 Å². The van der Waals surface area contributed by atoms with Crippen molar-refractivity contribution in [3.05, 3.63) is 18.2 Å². The monoisotopic (exact) mass is 389 g/mol. The summed E-state index contributed by atoms with van der Waals surface area (Å²) in [5, 5.41) is 6.58. The summed E-state index contributed by atoms with van der Waals surface area (Å²) in [5.74, 6) is 3.43. The van der Waals surface area contributed by atoms with Crippen LogP contribution in [-0.4, -0.2) is 52.9 Å². The van der Waals surface area contributed by atoms with E-state index < -0.39 is 0 Å². The molecule has 0 spiro atoms. The van der Waals surface area contributed by atoms with E-state index in [0.717, 1.165) is 56.3 Å². The standard InChI is InChI=1S/C22H35N3O3/c1-16(18-4-7-23-8-5-18)10-22(26)24-14-17-6-9-25(15-17)19-11-20(27-2)13-21(12-19)28-3/h11-13,16-18,23H,4-10,14-15H2,1-3H3,(H,24,26). The summed E-state index contributed by atoms with van der Waals surface area (Å²) in [7, 11) is 3.34. The number of hydrogen-bond donors (Lipinski definition) is 2. The van der Waals surface area contributed by atoms with Crippen molar-refractivity contribution in [3.8, 4) is 11.5 Å². The molecule has 2 unspecified atom stereocenters. The van der Waals surface area contributed by atoms with Crippen LogP contribution in [0.4, 0.5) is 5.69 Å². The topological polar surface area (TPSA) is 62.8 Å². The van der Waals surface area contributed by atoms with Crippen LogP contribution >= 0.6 is 0 Å². The quantitative estimate of drug-likeness (QED) is 0.716. The maximum Gasteiger partial charge on any atom is 0.220 e. The Bertz CT molecular complexity index is 624. The van der Waals surface area contributed by atoms with Gasteiger partial charge in [0, 0.05) is 49.9 Å². The van der Waals surface area contributed by atoms with Crippen molar-refractivity contribution in [1.82, 2.24) is 10.6 Å². The zero-order chi connectivity index (χ0) is 19.9. The number of benzene rings is 1. The van der Waals surface area contributed by atoms with Gasteiger partial charge >= 0.3 is 0 Å². The zero-order valence-corrected chi connectivity index (χ0v) is 17.5. The Balaban J connectivity index is 1.45. The van der Waals surface area contributed by atoms with Gasteiger partial charge in [0.25, 0.3) is 0 Å². The minimum atomic E-state index is 0.201. The largest absolute Gasteiger partial charge is 0.497 e. The number of carbonyl (C=O) groups excluding carboxylic acids is 1. The van der Waals surface area contributed by atoms with Gasteiger partial charge in [-0.15, -0.1) is 0 Å². The molecule has 2 aliphatic rings. The summed E-state index contributed by atoms with van der Waals surface area (Å²) in [6.45, 7) is 7.09. The Morgan fingerprint density at radius 1 is 1.18 bits per heavy atom. The lowest BCUT2D eigenvalue weighted by Crippen LogP contribution is -2.35. The van der Waals surface area contributed by atoms with E-state index in [4.69, 9.17) is 9.47 Å². The second-order valence-electron chi connectivity index (χ2n) is 8.24. The molecule has 3 rings (SSSR count). The van der Waals surface area contributed by atoms with Gasteiger partial charge in [-0.25, -0.2) is 0 Å². The maximum absolute atomic E-state index is 12.4. The molecule has 0 radical (unpaired) electrons. The van der Waals surface area contributed by atoms with Crippen LogP contribution in [0.5, 0.6) is 11.5 Å². The fraction of sp³-hybridized carbons (Fsp3) is 0.682. The molecule has 2 aliphatic heterocycles. The van der Waals surface area contributed by atoms with Crippen LogP contribution in [0.3, 0.4) is 0 Å². The summed E-state index contributed by atoms with van der Waals surface area (Å²) >= 11 is 0. The number of nitrogens with zero attached hydrogens (tertiary/aromatic N) is 1. The molecule has 2 N–H and O–H groups in total. The lowest BCUT2D eigenvalue weighted by Gasteiger charge is -2.28. The number of amides is 1. The van der Waals surface area contributed by atoms with E-state index in [1.807, 2.05) is 18.2 Å². The molecule has 0 aromatic heterocycles. The number of hydrogen-bond acceptors (Lipinski definition) is 5. The number of methoxy groups -OCH3 is 2. The van der Waals surface area contributed by atoms with Gasteiger partial charge in [0.2, 0.25) is 5.91 Å². The highest BCUT2D eigenvalue weighted by Gasteiger charge is 2.25. The van der Waals surface area contributed by atoms with Gasteiger partial charge in [-0.2, -0.15) is 0 Å². The molecule has 1 amide bonds. The molecule has 0 saturated carbocycles. The second-order valence-corrected chi connectivity index (χ2v) is 8.24. The average Bonchev–Trinajstić information content (AvgIpc) is 3.21. The Morgan fingerprint density at radius 3 is 2.50 bits per heavy atom. The second kappa shape index (κ2) is 10.0. The average molecular weight is 390 g/mol. The first-order valence-electron chi connectivity index (χ1n) is 10.5. The molecule has 6 nitrogen and oxygen atoms in total. The van der Waals surface area contributed by atoms with Crippen molar-refractivity contribution in [2.75, 3.05) is 51.8 Å². The Labute approximate surface area is 169 Å². The van der Waals surface area contributed by atoms with Crippen LogP contribution in [0.25, 0.3) is 0 Å². The molecule has 0 aliphatic carbocycles. The number of anilines is 1. The van der Waals surface area contributed by atoms with Gasteiger partial charge in [-0.1, -0.05) is 6.92 Å². The van der Waals surface area contributed by atoms with E-state index in [1.54, 1.807) is 14.2 Å². The van der Waals surface area contributed by atoms with Gasteiger partial charge in [-0.3, -0.25) is 4.79 Å². The third-order valence-electron chi connectivity index (χ3n) is 6.27. The van der Waals surface area contributed by atoms with E-state index in [9.17, 15) is 4.79 Å². The summed E-state index contributed by atoms with van der Waals surface area (Å²) in [4.78, 5) is 14.7. The molecule has 2 fully saturated rings. The van der Waals surface area contributed by atoms with Gasteiger partial charge in [-0.05, 0) is 50.1 Å². The van der Waals surface area contributed by atoms with Crippen LogP contribution in [0, 0.1) is 17.8 Å². The van der Waals surface area contributed by atoms with Crippen molar-refractivity contribution in [2.24, 2.45) is 17.8 Å². The highest BCUT2D eigenvalue weighted by Crippen LogP contribution is 2.31. The summed E-state index contributed by atoms with van der Waals surface area (Å²) in [6, 6.07) is 5.98. The molecule has 2 atom stereocenters. The van der Waals surface area contributed by atoms with Crippen LogP contribution in [0.15, 0.2) is 18.2 Å². The van der Waals surface area contributed by atoms with E-state index in [1.165, 1.54) is 12.8 Å². The smallest absolute Gasteiger partial charge is 0.220 e. The Kier molecular flexibility index (Phi) is 7.43. The van der Waals surface area contributed by atoms with Crippen molar-refractivity contribution in [2.45, 2.75) is 32.6 Å². The summed E-state index contributed by atoms with van der Waals surface area (Å²) in [5.41, 5.74) is 1.12. The normalized spacial score (nSPS) is 21.4. The minimum absolute atomic E-state index is 0.201. The van der Waals surface area contributed by atoms with E-state index in [0.29, 0.717) is 24.2 Å². The van der Waals surface area contributed by atoms with Crippen molar-refractivity contribution in [1.29, 1.82) is 0 Å². The van der Waals surface area contributed by atoms with Gasteiger partial charge < -0.3 is 25.0 Å². The summed E-state index contributed by atoms with van der Waals surface area (Å²) in [6.07, 6.45) is 4.11. The first kappa shape index (κ1) is 20.8. The van der Waals surface area contributed by atoms with E-state index in [2.05, 4.69) is 22.5 Å². The van der Waals surface area contributed by atoms with Crippen molar-refractivity contribution < 1.29 is 14.3 Å². The Hall–Kier alpha value is -1.95. The number of ether oxygens (including phenoxy) is 2. The lowest BCUT2D eigenvalue weighted by molar-refractivity contribution is -0.122. The number of carbonyl (C=O) groups is 1. The molecule has 28 heavy (non-hydrogen) atoms. The van der Waals surface area contributed by atoms with Gasteiger partial charge in [0.05, 0.1) is 14.2 Å². The minimum Gasteiger partial charge on any atom is -0.497 e. The van der Waals surface area contributed by atoms with Crippen LogP contribution in [0.1, 0.15) is 32.6 Å². The highest BCUT2D eigenvalue weighted by atomic mass is 16.5. The third kappa shape index (κ3) is 5.53. The molecule has 2 saturated heterocycles. The van der Waals surface area contributed by atoms with Gasteiger partial charge in [0.1, 0.15) is 11.5 Å². The van der Waals surface area contributed by atoms with Crippen LogP contribution in [0.2, 0.25) is 0 Å². The molecule has 1 aromatic rings. The molecule has 6 heteroatoms. The third-order valence-corrected chi connectivity index (χ3v) is 6.27. The first-order chi connectivity index (χ1) is 13.6. The molecule has 0 bridgehead atoms. The fourth-order valence-corrected chi connectivity index (χ4v) is 4.41. The van der Waals surface area contributed by atoms with E-state index in [-0.39, 0.29) is 5.91 Å². The first-order valence-corrected chi connectivity index (χ1v) is 10.5. The van der Waals surface area contributed by atoms with E-state index >= 15 is 0 Å². The number of piperidine rings is 1. The fourth-order valence-electron chi connectivity index (χ4n) is 4.41. The molecular formula is C22H35N3O3. The highest BCUT2D eigenvalue weighted by molar-refractivity contribution is 5.76. The molecular weight excluding hydrogens is 354 g/mol. The van der Waals surface area contributed by atoms with Crippen molar-refractivity contribution in [3.63, 3.8) is 0 Å².